The van der Waals surface area contributed by atoms with Crippen LogP contribution in [0, 0.1) is 10.1 Å². The molecule has 0 bridgehead atoms. The molecule has 104 valence electrons. The molecule has 0 aromatic carbocycles. The van der Waals surface area contributed by atoms with Crippen molar-refractivity contribution in [3.8, 4) is 0 Å². The summed E-state index contributed by atoms with van der Waals surface area (Å²) in [5.74, 6) is 0.425. The Labute approximate surface area is 116 Å². The molecule has 7 heteroatoms. The topological polar surface area (TPSA) is 77.1 Å². The summed E-state index contributed by atoms with van der Waals surface area (Å²) in [7, 11) is 0. The van der Waals surface area contributed by atoms with Crippen molar-refractivity contribution in [3.63, 3.8) is 0 Å². The van der Waals surface area contributed by atoms with Crippen LogP contribution >= 0.6 is 0 Å². The van der Waals surface area contributed by atoms with Crippen molar-refractivity contribution in [3.05, 3.63) is 46.2 Å². The van der Waals surface area contributed by atoms with Crippen LogP contribution in [0.25, 0.3) is 0 Å². The fourth-order valence-corrected chi connectivity index (χ4v) is 2.60. The summed E-state index contributed by atoms with van der Waals surface area (Å²) in [4.78, 5) is 21.2. The van der Waals surface area contributed by atoms with Gasteiger partial charge in [0.15, 0.2) is 0 Å². The number of aromatic nitrogens is 3. The molecule has 0 spiro atoms. The molecule has 0 saturated heterocycles. The molecule has 3 heterocycles. The van der Waals surface area contributed by atoms with E-state index in [1.165, 1.54) is 11.8 Å². The zero-order chi connectivity index (χ0) is 14.1. The van der Waals surface area contributed by atoms with E-state index in [1.807, 2.05) is 11.2 Å². The number of pyridine rings is 1. The highest BCUT2D eigenvalue weighted by Gasteiger charge is 2.26. The summed E-state index contributed by atoms with van der Waals surface area (Å²) >= 11 is 0. The Morgan fingerprint density at radius 3 is 3.05 bits per heavy atom. The highest BCUT2D eigenvalue weighted by Crippen LogP contribution is 2.29. The fourth-order valence-electron chi connectivity index (χ4n) is 2.60. The molecule has 0 saturated carbocycles. The maximum Gasteiger partial charge on any atom is 0.311 e. The van der Waals surface area contributed by atoms with Crippen LogP contribution in [-0.4, -0.2) is 26.0 Å². The first-order valence-corrected chi connectivity index (χ1v) is 6.58. The smallest absolute Gasteiger partial charge is 0.311 e. The zero-order valence-corrected chi connectivity index (χ0v) is 11.2. The van der Waals surface area contributed by atoms with Gasteiger partial charge in [-0.05, 0) is 13.0 Å². The van der Waals surface area contributed by atoms with E-state index < -0.39 is 0 Å². The second-order valence-corrected chi connectivity index (χ2v) is 4.70. The summed E-state index contributed by atoms with van der Waals surface area (Å²) < 4.78 is 2.12. The molecule has 3 rings (SSSR count). The van der Waals surface area contributed by atoms with Crippen molar-refractivity contribution in [1.29, 1.82) is 0 Å². The number of aryl methyl sites for hydroxylation is 1. The predicted molar refractivity (Wildman–Crippen MR) is 73.5 cm³/mol. The predicted octanol–water partition coefficient (Wildman–Crippen LogP) is 1.77. The molecule has 1 aliphatic rings. The van der Waals surface area contributed by atoms with E-state index in [9.17, 15) is 10.1 Å². The van der Waals surface area contributed by atoms with Gasteiger partial charge in [-0.25, -0.2) is 9.97 Å². The van der Waals surface area contributed by atoms with Crippen LogP contribution in [0.3, 0.4) is 0 Å². The normalized spacial score (nSPS) is 14.2. The average molecular weight is 273 g/mol. The molecule has 2 aromatic heterocycles. The van der Waals surface area contributed by atoms with Gasteiger partial charge in [0.2, 0.25) is 5.82 Å². The summed E-state index contributed by atoms with van der Waals surface area (Å²) in [6, 6.07) is 3.07. The number of nitro groups is 1. The van der Waals surface area contributed by atoms with Crippen LogP contribution in [0.4, 0.5) is 11.5 Å². The molecule has 0 radical (unpaired) electrons. The van der Waals surface area contributed by atoms with Gasteiger partial charge in [-0.1, -0.05) is 0 Å². The highest BCUT2D eigenvalue weighted by atomic mass is 16.6. The Morgan fingerprint density at radius 2 is 2.30 bits per heavy atom. The minimum Gasteiger partial charge on any atom is -0.345 e. The van der Waals surface area contributed by atoms with Gasteiger partial charge in [-0.2, -0.15) is 0 Å². The van der Waals surface area contributed by atoms with Crippen molar-refractivity contribution in [2.45, 2.75) is 26.4 Å². The van der Waals surface area contributed by atoms with Crippen molar-refractivity contribution in [2.24, 2.45) is 0 Å². The van der Waals surface area contributed by atoms with Crippen molar-refractivity contribution in [1.82, 2.24) is 14.5 Å². The molecule has 0 unspecified atom stereocenters. The van der Waals surface area contributed by atoms with Crippen molar-refractivity contribution >= 4 is 11.5 Å². The maximum absolute atomic E-state index is 11.1. The number of hydrogen-bond donors (Lipinski definition) is 0. The second kappa shape index (κ2) is 4.92. The summed E-state index contributed by atoms with van der Waals surface area (Å²) in [5.41, 5.74) is 2.26. The van der Waals surface area contributed by atoms with E-state index in [0.717, 1.165) is 25.2 Å². The molecule has 1 aliphatic heterocycles. The molecule has 2 aromatic rings. The van der Waals surface area contributed by atoms with E-state index in [0.29, 0.717) is 12.4 Å². The van der Waals surface area contributed by atoms with Crippen LogP contribution in [0.15, 0.2) is 24.7 Å². The molecule has 0 aliphatic carbocycles. The highest BCUT2D eigenvalue weighted by molar-refractivity contribution is 5.58. The van der Waals surface area contributed by atoms with Crippen molar-refractivity contribution in [2.75, 3.05) is 11.4 Å². The third-order valence-electron chi connectivity index (χ3n) is 3.59. The van der Waals surface area contributed by atoms with Gasteiger partial charge in [-0.3, -0.25) is 10.1 Å². The third-order valence-corrected chi connectivity index (χ3v) is 3.59. The van der Waals surface area contributed by atoms with E-state index in [-0.39, 0.29) is 10.6 Å². The minimum absolute atomic E-state index is 0.0471. The molecule has 20 heavy (non-hydrogen) atoms. The SMILES string of the molecule is CCn1cnc2c1CCN(c1ncccc1[N+](=O)[O-])C2. The summed E-state index contributed by atoms with van der Waals surface area (Å²) in [5, 5.41) is 11.1. The Bertz CT molecular complexity index is 652. The zero-order valence-electron chi connectivity index (χ0n) is 11.2. The Balaban J connectivity index is 1.93. The lowest BCUT2D eigenvalue weighted by Gasteiger charge is -2.27. The van der Waals surface area contributed by atoms with Gasteiger partial charge in [0, 0.05) is 37.5 Å². The number of rotatable bonds is 3. The maximum atomic E-state index is 11.1. The number of nitrogens with zero attached hydrogens (tertiary/aromatic N) is 5. The van der Waals surface area contributed by atoms with Gasteiger partial charge in [-0.15, -0.1) is 0 Å². The lowest BCUT2D eigenvalue weighted by atomic mass is 10.1. The van der Waals surface area contributed by atoms with E-state index in [4.69, 9.17) is 0 Å². The van der Waals surface area contributed by atoms with Crippen LogP contribution in [-0.2, 0) is 19.5 Å². The van der Waals surface area contributed by atoms with Crippen LogP contribution < -0.4 is 4.90 Å². The molecule has 0 atom stereocenters. The van der Waals surface area contributed by atoms with Crippen LogP contribution in [0.2, 0.25) is 0 Å². The third kappa shape index (κ3) is 2.01. The standard InChI is InChI=1S/C13H15N5O2/c1-2-16-9-15-10-8-17(7-5-11(10)16)13-12(18(19)20)4-3-6-14-13/h3-4,6,9H,2,5,7-8H2,1H3. The van der Waals surface area contributed by atoms with E-state index in [2.05, 4.69) is 21.5 Å². The first-order chi connectivity index (χ1) is 9.70. The molecular formula is C13H15N5O2. The van der Waals surface area contributed by atoms with E-state index >= 15 is 0 Å². The van der Waals surface area contributed by atoms with Crippen LogP contribution in [0.5, 0.6) is 0 Å². The van der Waals surface area contributed by atoms with Gasteiger partial charge < -0.3 is 9.47 Å². The molecular weight excluding hydrogens is 258 g/mol. The lowest BCUT2D eigenvalue weighted by Crippen LogP contribution is -2.32. The molecule has 0 fully saturated rings. The van der Waals surface area contributed by atoms with E-state index in [1.54, 1.807) is 12.3 Å². The van der Waals surface area contributed by atoms with Gasteiger partial charge in [0.1, 0.15) is 0 Å². The average Bonchev–Trinajstić information content (AvgIpc) is 2.89. The second-order valence-electron chi connectivity index (χ2n) is 4.70. The molecule has 0 N–H and O–H groups in total. The number of hydrogen-bond acceptors (Lipinski definition) is 5. The first-order valence-electron chi connectivity index (χ1n) is 6.58. The minimum atomic E-state index is -0.386. The number of anilines is 1. The fraction of sp³-hybridized carbons (Fsp3) is 0.385. The molecule has 7 nitrogen and oxygen atoms in total. The molecule has 0 amide bonds. The summed E-state index contributed by atoms with van der Waals surface area (Å²) in [6.07, 6.45) is 4.25. The largest absolute Gasteiger partial charge is 0.345 e. The van der Waals surface area contributed by atoms with Crippen molar-refractivity contribution < 1.29 is 4.92 Å². The van der Waals surface area contributed by atoms with Gasteiger partial charge in [0.05, 0.1) is 23.5 Å². The first kappa shape index (κ1) is 12.6. The Hall–Kier alpha value is -2.44. The number of imidazole rings is 1. The van der Waals surface area contributed by atoms with Gasteiger partial charge in [0.25, 0.3) is 0 Å². The number of fused-ring (bicyclic) bond motifs is 1. The van der Waals surface area contributed by atoms with Crippen LogP contribution in [0.1, 0.15) is 18.3 Å². The van der Waals surface area contributed by atoms with Gasteiger partial charge >= 0.3 is 5.69 Å². The lowest BCUT2D eigenvalue weighted by molar-refractivity contribution is -0.384. The summed E-state index contributed by atoms with van der Waals surface area (Å²) in [6.45, 7) is 4.26. The Morgan fingerprint density at radius 1 is 1.45 bits per heavy atom. The Kier molecular flexibility index (Phi) is 3.09. The quantitative estimate of drug-likeness (QED) is 0.629. The monoisotopic (exact) mass is 273 g/mol.